The molecule has 3 saturated heterocycles. The molecule has 1 atom stereocenters. The van der Waals surface area contributed by atoms with Gasteiger partial charge in [-0.3, -0.25) is 14.5 Å². The predicted molar refractivity (Wildman–Crippen MR) is 102 cm³/mol. The van der Waals surface area contributed by atoms with Crippen LogP contribution in [0.2, 0.25) is 0 Å². The Hall–Kier alpha value is -2.30. The van der Waals surface area contributed by atoms with Crippen LogP contribution in [0.25, 0.3) is 0 Å². The molecule has 1 aromatic heterocycles. The quantitative estimate of drug-likeness (QED) is 0.754. The number of aromatic nitrogens is 1. The number of fused-ring (bicyclic) bond motifs is 3. The first-order chi connectivity index (χ1) is 13.4. The molecule has 1 unspecified atom stereocenters. The van der Waals surface area contributed by atoms with Gasteiger partial charge in [-0.2, -0.15) is 0 Å². The van der Waals surface area contributed by atoms with E-state index in [1.54, 1.807) is 6.07 Å². The van der Waals surface area contributed by atoms with Crippen LogP contribution >= 0.6 is 0 Å². The molecule has 2 bridgehead atoms. The van der Waals surface area contributed by atoms with E-state index in [-0.39, 0.29) is 10.6 Å². The summed E-state index contributed by atoms with van der Waals surface area (Å²) >= 11 is 0. The van der Waals surface area contributed by atoms with Crippen molar-refractivity contribution >= 4 is 21.5 Å². The van der Waals surface area contributed by atoms with Gasteiger partial charge in [-0.05, 0) is 24.3 Å². The lowest BCUT2D eigenvalue weighted by Crippen LogP contribution is -2.62. The van der Waals surface area contributed by atoms with Crippen LogP contribution in [0.3, 0.4) is 0 Å². The normalized spacial score (nSPS) is 24.1. The Bertz CT molecular complexity index is 927. The number of nitrogens with zero attached hydrogens (tertiary/aromatic N) is 3. The van der Waals surface area contributed by atoms with E-state index >= 15 is 0 Å². The summed E-state index contributed by atoms with van der Waals surface area (Å²) in [5.74, 6) is -1.15. The van der Waals surface area contributed by atoms with E-state index < -0.39 is 21.7 Å². The predicted octanol–water partition coefficient (Wildman–Crippen LogP) is 1.57. The Labute approximate surface area is 162 Å². The molecule has 150 valence electrons. The lowest BCUT2D eigenvalue weighted by molar-refractivity contribution is 0.0189. The Balaban J connectivity index is 1.39. The second kappa shape index (κ2) is 7.61. The molecular weight excluding hydrogens is 388 g/mol. The third-order valence-corrected chi connectivity index (χ3v) is 6.44. The van der Waals surface area contributed by atoms with E-state index in [4.69, 9.17) is 0 Å². The maximum atomic E-state index is 13.3. The topological polar surface area (TPSA) is 77.6 Å². The van der Waals surface area contributed by atoms with Gasteiger partial charge >= 0.3 is 0 Å². The van der Waals surface area contributed by atoms with Crippen LogP contribution in [-0.2, 0) is 10.0 Å². The van der Waals surface area contributed by atoms with Gasteiger partial charge in [0.2, 0.25) is 0 Å². The molecule has 10 heteroatoms. The highest BCUT2D eigenvalue weighted by molar-refractivity contribution is 7.92. The number of halogens is 2. The number of rotatable bonds is 6. The Morgan fingerprint density at radius 2 is 1.79 bits per heavy atom. The Kier molecular flexibility index (Phi) is 5.17. The summed E-state index contributed by atoms with van der Waals surface area (Å²) in [5.41, 5.74) is -0.184. The summed E-state index contributed by atoms with van der Waals surface area (Å²) in [6, 6.07) is 5.89. The molecule has 0 spiro atoms. The molecule has 3 fully saturated rings. The van der Waals surface area contributed by atoms with Gasteiger partial charge in [0.25, 0.3) is 10.0 Å². The standard InChI is InChI=1S/C18H21F2N5O2S/c19-13-7-14(20)9-15(8-13)23-28(26,27)17-1-2-18(22-11-17)21-10-16-12-24-3-5-25(16)6-4-24/h1-2,7-9,11,16,23H,3-6,10,12H2,(H,21,22). The molecule has 4 heterocycles. The average molecular weight is 409 g/mol. The third-order valence-electron chi connectivity index (χ3n) is 5.07. The average Bonchev–Trinajstić information content (AvgIpc) is 2.66. The largest absolute Gasteiger partial charge is 0.368 e. The minimum Gasteiger partial charge on any atom is -0.368 e. The summed E-state index contributed by atoms with van der Waals surface area (Å²) in [7, 11) is -3.99. The van der Waals surface area contributed by atoms with Gasteiger partial charge in [-0.1, -0.05) is 0 Å². The van der Waals surface area contributed by atoms with E-state index in [0.29, 0.717) is 17.9 Å². The van der Waals surface area contributed by atoms with Gasteiger partial charge in [0.05, 0.1) is 5.69 Å². The summed E-state index contributed by atoms with van der Waals surface area (Å²) in [4.78, 5) is 8.96. The highest BCUT2D eigenvalue weighted by atomic mass is 32.2. The number of piperazine rings is 3. The number of hydrogen-bond acceptors (Lipinski definition) is 6. The SMILES string of the molecule is O=S(=O)(Nc1cc(F)cc(F)c1)c1ccc(NCC2CN3CCN2CC3)nc1. The second-order valence-corrected chi connectivity index (χ2v) is 8.70. The first kappa shape index (κ1) is 19.0. The highest BCUT2D eigenvalue weighted by Gasteiger charge is 2.31. The fourth-order valence-corrected chi connectivity index (χ4v) is 4.60. The lowest BCUT2D eigenvalue weighted by atomic mass is 10.1. The van der Waals surface area contributed by atoms with Crippen molar-refractivity contribution in [2.45, 2.75) is 10.9 Å². The molecule has 0 saturated carbocycles. The molecule has 2 aromatic rings. The van der Waals surface area contributed by atoms with E-state index in [9.17, 15) is 17.2 Å². The van der Waals surface area contributed by atoms with E-state index in [1.807, 2.05) is 0 Å². The van der Waals surface area contributed by atoms with Crippen LogP contribution in [0.15, 0.2) is 41.4 Å². The molecule has 0 amide bonds. The maximum Gasteiger partial charge on any atom is 0.263 e. The summed E-state index contributed by atoms with van der Waals surface area (Å²) in [6.45, 7) is 6.13. The number of hydrogen-bond donors (Lipinski definition) is 2. The summed E-state index contributed by atoms with van der Waals surface area (Å²) in [5, 5.41) is 3.25. The fourth-order valence-electron chi connectivity index (χ4n) is 3.61. The van der Waals surface area contributed by atoms with Gasteiger partial charge < -0.3 is 5.32 Å². The molecule has 2 N–H and O–H groups in total. The van der Waals surface area contributed by atoms with Crippen LogP contribution in [-0.4, -0.2) is 68.5 Å². The Morgan fingerprint density at radius 1 is 1.07 bits per heavy atom. The van der Waals surface area contributed by atoms with Crippen LogP contribution < -0.4 is 10.0 Å². The number of pyridine rings is 1. The van der Waals surface area contributed by atoms with Crippen molar-refractivity contribution in [2.75, 3.05) is 49.3 Å². The summed E-state index contributed by atoms with van der Waals surface area (Å²) < 4.78 is 53.5. The van der Waals surface area contributed by atoms with Gasteiger partial charge in [0.1, 0.15) is 22.3 Å². The van der Waals surface area contributed by atoms with Gasteiger partial charge in [-0.25, -0.2) is 22.2 Å². The number of benzene rings is 1. The van der Waals surface area contributed by atoms with Crippen molar-refractivity contribution in [3.63, 3.8) is 0 Å². The van der Waals surface area contributed by atoms with E-state index in [0.717, 1.165) is 51.4 Å². The highest BCUT2D eigenvalue weighted by Crippen LogP contribution is 2.20. The Morgan fingerprint density at radius 3 is 2.36 bits per heavy atom. The first-order valence-corrected chi connectivity index (χ1v) is 10.5. The van der Waals surface area contributed by atoms with Crippen molar-refractivity contribution in [1.82, 2.24) is 14.8 Å². The van der Waals surface area contributed by atoms with Crippen molar-refractivity contribution in [3.8, 4) is 0 Å². The van der Waals surface area contributed by atoms with Crippen molar-refractivity contribution in [1.29, 1.82) is 0 Å². The third kappa shape index (κ3) is 4.23. The monoisotopic (exact) mass is 409 g/mol. The summed E-state index contributed by atoms with van der Waals surface area (Å²) in [6.07, 6.45) is 1.22. The van der Waals surface area contributed by atoms with Crippen LogP contribution in [0.1, 0.15) is 0 Å². The lowest BCUT2D eigenvalue weighted by Gasteiger charge is -2.47. The zero-order valence-electron chi connectivity index (χ0n) is 15.1. The molecular formula is C18H21F2N5O2S. The minimum absolute atomic E-state index is 0.0886. The molecule has 28 heavy (non-hydrogen) atoms. The van der Waals surface area contributed by atoms with Crippen LogP contribution in [0.5, 0.6) is 0 Å². The second-order valence-electron chi connectivity index (χ2n) is 7.01. The van der Waals surface area contributed by atoms with Crippen LogP contribution in [0.4, 0.5) is 20.3 Å². The number of sulfonamides is 1. The number of nitrogens with one attached hydrogen (secondary N) is 2. The molecule has 0 aliphatic carbocycles. The molecule has 7 nitrogen and oxygen atoms in total. The maximum absolute atomic E-state index is 13.3. The molecule has 3 aliphatic rings. The van der Waals surface area contributed by atoms with Crippen molar-refractivity contribution < 1.29 is 17.2 Å². The van der Waals surface area contributed by atoms with Gasteiger partial charge in [0, 0.05) is 57.6 Å². The zero-order chi connectivity index (χ0) is 19.7. The first-order valence-electron chi connectivity index (χ1n) is 9.04. The number of anilines is 2. The van der Waals surface area contributed by atoms with Gasteiger partial charge in [0.15, 0.2) is 0 Å². The smallest absolute Gasteiger partial charge is 0.263 e. The van der Waals surface area contributed by atoms with E-state index in [2.05, 4.69) is 24.8 Å². The molecule has 0 radical (unpaired) electrons. The van der Waals surface area contributed by atoms with E-state index in [1.165, 1.54) is 12.3 Å². The van der Waals surface area contributed by atoms with Crippen LogP contribution in [0, 0.1) is 11.6 Å². The van der Waals surface area contributed by atoms with Crippen molar-refractivity contribution in [3.05, 3.63) is 48.2 Å². The molecule has 1 aromatic carbocycles. The molecule has 5 rings (SSSR count). The fraction of sp³-hybridized carbons (Fsp3) is 0.389. The minimum atomic E-state index is -3.99. The molecule has 3 aliphatic heterocycles. The van der Waals surface area contributed by atoms with Crippen molar-refractivity contribution in [2.24, 2.45) is 0 Å². The zero-order valence-corrected chi connectivity index (χ0v) is 15.9. The van der Waals surface area contributed by atoms with Gasteiger partial charge in [-0.15, -0.1) is 0 Å².